The van der Waals surface area contributed by atoms with Gasteiger partial charge in [0.1, 0.15) is 6.10 Å². The number of nitrogens with zero attached hydrogens (tertiary/aromatic N) is 1. The maximum atomic E-state index is 11.8. The van der Waals surface area contributed by atoms with Crippen molar-refractivity contribution in [1.82, 2.24) is 10.2 Å². The minimum Gasteiger partial charge on any atom is -0.372 e. The van der Waals surface area contributed by atoms with Crippen LogP contribution in [0.2, 0.25) is 0 Å². The second kappa shape index (κ2) is 5.32. The summed E-state index contributed by atoms with van der Waals surface area (Å²) in [6, 6.07) is 0.441. The molecule has 0 aromatic heterocycles. The van der Waals surface area contributed by atoms with Crippen LogP contribution in [-0.2, 0) is 9.53 Å². The smallest absolute Gasteiger partial charge is 0.251 e. The topological polar surface area (TPSA) is 41.6 Å². The van der Waals surface area contributed by atoms with Crippen LogP contribution in [-0.4, -0.2) is 50.2 Å². The number of hydrogen-bond acceptors (Lipinski definition) is 3. The third-order valence-corrected chi connectivity index (χ3v) is 2.84. The normalized spacial score (nSPS) is 24.8. The number of likely N-dealkylation sites (tertiary alicyclic amines) is 1. The Kier molecular flexibility index (Phi) is 4.35. The highest BCUT2D eigenvalue weighted by atomic mass is 16.5. The van der Waals surface area contributed by atoms with E-state index in [-0.39, 0.29) is 12.0 Å². The van der Waals surface area contributed by atoms with Crippen LogP contribution in [0.4, 0.5) is 0 Å². The van der Waals surface area contributed by atoms with Crippen molar-refractivity contribution >= 4 is 5.91 Å². The Morgan fingerprint density at radius 3 is 2.93 bits per heavy atom. The van der Waals surface area contributed by atoms with Crippen LogP contribution in [0.5, 0.6) is 0 Å². The van der Waals surface area contributed by atoms with Gasteiger partial charge >= 0.3 is 0 Å². The van der Waals surface area contributed by atoms with E-state index in [0.29, 0.717) is 6.04 Å². The summed E-state index contributed by atoms with van der Waals surface area (Å²) in [5.41, 5.74) is 0. The molecule has 0 saturated carbocycles. The summed E-state index contributed by atoms with van der Waals surface area (Å²) >= 11 is 0. The van der Waals surface area contributed by atoms with Crippen LogP contribution in [0.15, 0.2) is 0 Å². The average Bonchev–Trinajstić information content (AvgIpc) is 2.27. The predicted octanol–water partition coefficient (Wildman–Crippen LogP) is 0.232. The number of rotatable bonds is 3. The molecule has 0 spiro atoms. The molecule has 1 saturated heterocycles. The van der Waals surface area contributed by atoms with Crippen LogP contribution in [0.1, 0.15) is 19.8 Å². The SMILES string of the molecule is CNC1CCCN(C(=O)C(C)OC)C1. The van der Waals surface area contributed by atoms with Gasteiger partial charge in [0, 0.05) is 26.2 Å². The van der Waals surface area contributed by atoms with Gasteiger partial charge in [-0.05, 0) is 26.8 Å². The molecular weight excluding hydrogens is 180 g/mol. The minimum atomic E-state index is -0.314. The van der Waals surface area contributed by atoms with Gasteiger partial charge in [0.25, 0.3) is 5.91 Å². The van der Waals surface area contributed by atoms with E-state index in [4.69, 9.17) is 4.74 Å². The summed E-state index contributed by atoms with van der Waals surface area (Å²) in [7, 11) is 3.51. The molecule has 1 aliphatic heterocycles. The highest BCUT2D eigenvalue weighted by Gasteiger charge is 2.25. The van der Waals surface area contributed by atoms with Crippen molar-refractivity contribution in [3.8, 4) is 0 Å². The van der Waals surface area contributed by atoms with Gasteiger partial charge in [0.15, 0.2) is 0 Å². The first kappa shape index (κ1) is 11.5. The molecule has 1 aliphatic rings. The zero-order valence-electron chi connectivity index (χ0n) is 9.25. The molecule has 0 aliphatic carbocycles. The van der Waals surface area contributed by atoms with Gasteiger partial charge in [-0.3, -0.25) is 4.79 Å². The molecule has 4 heteroatoms. The lowest BCUT2D eigenvalue weighted by molar-refractivity contribution is -0.142. The molecule has 0 aromatic rings. The number of ether oxygens (including phenoxy) is 1. The van der Waals surface area contributed by atoms with Crippen molar-refractivity contribution in [3.63, 3.8) is 0 Å². The van der Waals surface area contributed by atoms with Crippen LogP contribution in [0, 0.1) is 0 Å². The molecule has 0 radical (unpaired) electrons. The fourth-order valence-corrected chi connectivity index (χ4v) is 1.77. The van der Waals surface area contributed by atoms with Gasteiger partial charge in [0.2, 0.25) is 0 Å². The molecule has 2 unspecified atom stereocenters. The van der Waals surface area contributed by atoms with Gasteiger partial charge in [-0.25, -0.2) is 0 Å². The Morgan fingerprint density at radius 1 is 1.64 bits per heavy atom. The van der Waals surface area contributed by atoms with Crippen LogP contribution in [0.3, 0.4) is 0 Å². The summed E-state index contributed by atoms with van der Waals surface area (Å²) < 4.78 is 5.02. The van der Waals surface area contributed by atoms with Gasteiger partial charge < -0.3 is 15.0 Å². The van der Waals surface area contributed by atoms with Gasteiger partial charge in [-0.1, -0.05) is 0 Å². The molecule has 1 amide bonds. The fourth-order valence-electron chi connectivity index (χ4n) is 1.77. The predicted molar refractivity (Wildman–Crippen MR) is 55.1 cm³/mol. The van der Waals surface area contributed by atoms with Crippen LogP contribution < -0.4 is 5.32 Å². The van der Waals surface area contributed by atoms with Gasteiger partial charge in [0.05, 0.1) is 0 Å². The first-order valence-electron chi connectivity index (χ1n) is 5.18. The quantitative estimate of drug-likeness (QED) is 0.709. The van der Waals surface area contributed by atoms with Crippen molar-refractivity contribution in [3.05, 3.63) is 0 Å². The molecule has 0 bridgehead atoms. The third-order valence-electron chi connectivity index (χ3n) is 2.84. The van der Waals surface area contributed by atoms with Crippen LogP contribution in [0.25, 0.3) is 0 Å². The first-order valence-corrected chi connectivity index (χ1v) is 5.18. The summed E-state index contributed by atoms with van der Waals surface area (Å²) in [4.78, 5) is 13.7. The number of amides is 1. The largest absolute Gasteiger partial charge is 0.372 e. The second-order valence-electron chi connectivity index (χ2n) is 3.79. The van der Waals surface area contributed by atoms with E-state index in [1.165, 1.54) is 0 Å². The molecule has 1 rings (SSSR count). The number of methoxy groups -OCH3 is 1. The van der Waals surface area contributed by atoms with E-state index in [1.807, 2.05) is 11.9 Å². The third kappa shape index (κ3) is 2.69. The summed E-state index contributed by atoms with van der Waals surface area (Å²) in [5, 5.41) is 3.21. The summed E-state index contributed by atoms with van der Waals surface area (Å²) in [5.74, 6) is 0.104. The lowest BCUT2D eigenvalue weighted by Crippen LogP contribution is -2.49. The van der Waals surface area contributed by atoms with Crippen molar-refractivity contribution in [1.29, 1.82) is 0 Å². The monoisotopic (exact) mass is 200 g/mol. The number of carbonyl (C=O) groups excluding carboxylic acids is 1. The fraction of sp³-hybridized carbons (Fsp3) is 0.900. The number of likely N-dealkylation sites (N-methyl/N-ethyl adjacent to an activating group) is 1. The maximum absolute atomic E-state index is 11.8. The molecule has 0 aromatic carbocycles. The van der Waals surface area contributed by atoms with Crippen molar-refractivity contribution in [2.75, 3.05) is 27.2 Å². The summed E-state index contributed by atoms with van der Waals surface area (Å²) in [6.07, 6.45) is 1.92. The lowest BCUT2D eigenvalue weighted by Gasteiger charge is -2.33. The number of nitrogens with one attached hydrogen (secondary N) is 1. The molecule has 82 valence electrons. The Morgan fingerprint density at radius 2 is 2.36 bits per heavy atom. The molecule has 1 fully saturated rings. The molecule has 1 heterocycles. The Bertz CT molecular complexity index is 197. The lowest BCUT2D eigenvalue weighted by atomic mass is 10.1. The highest BCUT2D eigenvalue weighted by molar-refractivity contribution is 5.80. The number of piperidine rings is 1. The molecule has 4 nitrogen and oxygen atoms in total. The van der Waals surface area contributed by atoms with E-state index in [0.717, 1.165) is 25.9 Å². The number of hydrogen-bond donors (Lipinski definition) is 1. The Hall–Kier alpha value is -0.610. The maximum Gasteiger partial charge on any atom is 0.251 e. The van der Waals surface area contributed by atoms with Crippen molar-refractivity contribution in [2.45, 2.75) is 31.9 Å². The molecule has 2 atom stereocenters. The van der Waals surface area contributed by atoms with E-state index in [2.05, 4.69) is 5.32 Å². The van der Waals surface area contributed by atoms with E-state index in [1.54, 1.807) is 14.0 Å². The average molecular weight is 200 g/mol. The van der Waals surface area contributed by atoms with Gasteiger partial charge in [-0.15, -0.1) is 0 Å². The molecular formula is C10H20N2O2. The summed E-state index contributed by atoms with van der Waals surface area (Å²) in [6.45, 7) is 3.47. The number of carbonyl (C=O) groups is 1. The van der Waals surface area contributed by atoms with E-state index >= 15 is 0 Å². The van der Waals surface area contributed by atoms with Crippen LogP contribution >= 0.6 is 0 Å². The standard InChI is InChI=1S/C10H20N2O2/c1-8(14-3)10(13)12-6-4-5-9(7-12)11-2/h8-9,11H,4-7H2,1-3H3. The first-order chi connectivity index (χ1) is 6.69. The zero-order valence-corrected chi connectivity index (χ0v) is 9.25. The van der Waals surface area contributed by atoms with Crippen molar-refractivity contribution < 1.29 is 9.53 Å². The zero-order chi connectivity index (χ0) is 10.6. The van der Waals surface area contributed by atoms with Crippen molar-refractivity contribution in [2.24, 2.45) is 0 Å². The second-order valence-corrected chi connectivity index (χ2v) is 3.79. The highest BCUT2D eigenvalue weighted by Crippen LogP contribution is 2.11. The van der Waals surface area contributed by atoms with Gasteiger partial charge in [-0.2, -0.15) is 0 Å². The van der Waals surface area contributed by atoms with E-state index < -0.39 is 0 Å². The molecule has 14 heavy (non-hydrogen) atoms. The minimum absolute atomic E-state index is 0.104. The Balaban J connectivity index is 2.47. The van der Waals surface area contributed by atoms with E-state index in [9.17, 15) is 4.79 Å². The molecule has 1 N–H and O–H groups in total. The Labute approximate surface area is 85.6 Å².